The Bertz CT molecular complexity index is 417. The Kier molecular flexibility index (Phi) is 5.16. The first-order valence-corrected chi connectivity index (χ1v) is 8.10. The van der Waals surface area contributed by atoms with Gasteiger partial charge in [0.25, 0.3) is 0 Å². The summed E-state index contributed by atoms with van der Waals surface area (Å²) in [4.78, 5) is -2.61. The molecule has 4 nitrogen and oxygen atoms in total. The Labute approximate surface area is 143 Å². The van der Waals surface area contributed by atoms with Gasteiger partial charge in [-0.2, -0.15) is 0 Å². The SMILES string of the molecule is COC1(OC)[C@@]2(Cl)C(Cl)=C(Cl)[C@]1(Cl)[C@H](CCO)[C@H]2CCO. The molecule has 122 valence electrons. The standard InChI is InChI=1S/C13H18Cl4O4/c1-20-13(21-2)11(16)7(3-5-18)8(4-6-19)12(13,17)10(15)9(11)14/h7-8,18-19H,3-6H2,1-2H3/t7-,8-,11-,12+/m1/s1. The summed E-state index contributed by atoms with van der Waals surface area (Å²) in [7, 11) is 2.85. The van der Waals surface area contributed by atoms with Gasteiger partial charge >= 0.3 is 0 Å². The van der Waals surface area contributed by atoms with Gasteiger partial charge in [-0.3, -0.25) is 0 Å². The van der Waals surface area contributed by atoms with Crippen molar-refractivity contribution in [2.45, 2.75) is 28.4 Å². The maximum atomic E-state index is 9.37. The third-order valence-corrected chi connectivity index (χ3v) is 7.45. The van der Waals surface area contributed by atoms with Crippen molar-refractivity contribution in [2.75, 3.05) is 27.4 Å². The summed E-state index contributed by atoms with van der Waals surface area (Å²) in [5.41, 5.74) is 0. The van der Waals surface area contributed by atoms with E-state index >= 15 is 0 Å². The van der Waals surface area contributed by atoms with E-state index in [1.807, 2.05) is 0 Å². The average Bonchev–Trinajstić information content (AvgIpc) is 2.71. The Hall–Kier alpha value is 0.740. The fraction of sp³-hybridized carbons (Fsp3) is 0.846. The van der Waals surface area contributed by atoms with Crippen LogP contribution in [0.4, 0.5) is 0 Å². The highest BCUT2D eigenvalue weighted by atomic mass is 35.5. The van der Waals surface area contributed by atoms with Gasteiger partial charge in [0, 0.05) is 27.4 Å². The van der Waals surface area contributed by atoms with Gasteiger partial charge in [-0.1, -0.05) is 23.2 Å². The molecule has 0 amide bonds. The van der Waals surface area contributed by atoms with Gasteiger partial charge in [-0.25, -0.2) is 0 Å². The lowest BCUT2D eigenvalue weighted by atomic mass is 9.78. The summed E-state index contributed by atoms with van der Waals surface area (Å²) in [5.74, 6) is -2.15. The topological polar surface area (TPSA) is 58.9 Å². The minimum absolute atomic E-state index is 0.0979. The van der Waals surface area contributed by atoms with Crippen molar-refractivity contribution in [3.05, 3.63) is 10.1 Å². The molecule has 0 saturated heterocycles. The summed E-state index contributed by atoms with van der Waals surface area (Å²) < 4.78 is 11.2. The van der Waals surface area contributed by atoms with Crippen LogP contribution in [0.2, 0.25) is 0 Å². The second kappa shape index (κ2) is 5.99. The maximum absolute atomic E-state index is 9.37. The lowest BCUT2D eigenvalue weighted by Crippen LogP contribution is -2.57. The highest BCUT2D eigenvalue weighted by Gasteiger charge is 2.83. The molecule has 8 heteroatoms. The fourth-order valence-electron chi connectivity index (χ4n) is 4.00. The zero-order valence-electron chi connectivity index (χ0n) is 11.7. The molecule has 0 aromatic carbocycles. The van der Waals surface area contributed by atoms with Crippen LogP contribution in [0.3, 0.4) is 0 Å². The highest BCUT2D eigenvalue weighted by molar-refractivity contribution is 6.52. The van der Waals surface area contributed by atoms with Crippen molar-refractivity contribution in [1.29, 1.82) is 0 Å². The van der Waals surface area contributed by atoms with Crippen LogP contribution in [0.5, 0.6) is 0 Å². The summed E-state index contributed by atoms with van der Waals surface area (Å²) in [5, 5.41) is 19.1. The number of fused-ring (bicyclic) bond motifs is 2. The van der Waals surface area contributed by atoms with E-state index < -0.39 is 15.5 Å². The molecule has 0 aliphatic heterocycles. The molecule has 2 bridgehead atoms. The van der Waals surface area contributed by atoms with Crippen molar-refractivity contribution in [3.63, 3.8) is 0 Å². The molecule has 21 heavy (non-hydrogen) atoms. The van der Waals surface area contributed by atoms with Gasteiger partial charge in [0.1, 0.15) is 9.75 Å². The minimum Gasteiger partial charge on any atom is -0.396 e. The van der Waals surface area contributed by atoms with E-state index in [2.05, 4.69) is 0 Å². The molecule has 2 N–H and O–H groups in total. The highest BCUT2D eigenvalue weighted by Crippen LogP contribution is 2.74. The smallest absolute Gasteiger partial charge is 0.217 e. The van der Waals surface area contributed by atoms with Gasteiger partial charge < -0.3 is 19.7 Å². The molecule has 0 aromatic heterocycles. The normalized spacial score (nSPS) is 41.1. The van der Waals surface area contributed by atoms with E-state index in [-0.39, 0.29) is 35.1 Å². The number of rotatable bonds is 6. The molecule has 0 spiro atoms. The van der Waals surface area contributed by atoms with E-state index in [4.69, 9.17) is 55.9 Å². The number of halogens is 4. The molecule has 0 heterocycles. The summed E-state index contributed by atoms with van der Waals surface area (Å²) >= 11 is 26.4. The molecular weight excluding hydrogens is 362 g/mol. The van der Waals surface area contributed by atoms with Crippen LogP contribution in [0, 0.1) is 11.8 Å². The lowest BCUT2D eigenvalue weighted by Gasteiger charge is -2.41. The lowest BCUT2D eigenvalue weighted by molar-refractivity contribution is -0.220. The molecule has 4 atom stereocenters. The zero-order chi connectivity index (χ0) is 16.1. The molecule has 1 fully saturated rings. The van der Waals surface area contributed by atoms with Crippen LogP contribution >= 0.6 is 46.4 Å². The van der Waals surface area contributed by atoms with E-state index in [1.54, 1.807) is 0 Å². The van der Waals surface area contributed by atoms with Gasteiger partial charge in [-0.15, -0.1) is 23.2 Å². The number of aliphatic hydroxyl groups is 2. The average molecular weight is 380 g/mol. The van der Waals surface area contributed by atoms with Crippen LogP contribution in [0.15, 0.2) is 10.1 Å². The molecule has 2 aliphatic rings. The predicted octanol–water partition coefficient (Wildman–Crippen LogP) is 2.64. The molecule has 0 aromatic rings. The summed E-state index contributed by atoms with van der Waals surface area (Å²) in [6.07, 6.45) is 0.689. The Morgan fingerprint density at radius 1 is 0.905 bits per heavy atom. The van der Waals surface area contributed by atoms with Crippen molar-refractivity contribution < 1.29 is 19.7 Å². The van der Waals surface area contributed by atoms with Crippen LogP contribution in [-0.4, -0.2) is 53.2 Å². The van der Waals surface area contributed by atoms with E-state index in [0.29, 0.717) is 12.8 Å². The van der Waals surface area contributed by atoms with E-state index in [0.717, 1.165) is 0 Å². The van der Waals surface area contributed by atoms with E-state index in [1.165, 1.54) is 14.2 Å². The van der Waals surface area contributed by atoms with Gasteiger partial charge in [0.2, 0.25) is 5.79 Å². The van der Waals surface area contributed by atoms with Crippen molar-refractivity contribution in [3.8, 4) is 0 Å². The number of alkyl halides is 2. The maximum Gasteiger partial charge on any atom is 0.217 e. The molecular formula is C13H18Cl4O4. The van der Waals surface area contributed by atoms with Gasteiger partial charge in [0.15, 0.2) is 0 Å². The largest absolute Gasteiger partial charge is 0.396 e. The summed E-state index contributed by atoms with van der Waals surface area (Å²) in [6.45, 7) is -0.196. The Morgan fingerprint density at radius 3 is 1.48 bits per heavy atom. The molecule has 2 rings (SSSR count). The number of methoxy groups -OCH3 is 2. The number of ether oxygens (including phenoxy) is 2. The molecule has 1 saturated carbocycles. The molecule has 0 radical (unpaired) electrons. The monoisotopic (exact) mass is 378 g/mol. The first-order valence-electron chi connectivity index (χ1n) is 6.59. The van der Waals surface area contributed by atoms with Crippen LogP contribution in [0.1, 0.15) is 12.8 Å². The minimum atomic E-state index is -1.46. The zero-order valence-corrected chi connectivity index (χ0v) is 14.7. The Balaban J connectivity index is 2.70. The van der Waals surface area contributed by atoms with Crippen LogP contribution in [0.25, 0.3) is 0 Å². The predicted molar refractivity (Wildman–Crippen MR) is 83.0 cm³/mol. The second-order valence-electron chi connectivity index (χ2n) is 5.31. The molecule has 2 aliphatic carbocycles. The number of aliphatic hydroxyl groups excluding tert-OH is 2. The number of hydrogen-bond acceptors (Lipinski definition) is 4. The van der Waals surface area contributed by atoms with Crippen molar-refractivity contribution >= 4 is 46.4 Å². The van der Waals surface area contributed by atoms with Crippen molar-refractivity contribution in [1.82, 2.24) is 0 Å². The van der Waals surface area contributed by atoms with Gasteiger partial charge in [0.05, 0.1) is 10.1 Å². The Morgan fingerprint density at radius 2 is 1.24 bits per heavy atom. The second-order valence-corrected chi connectivity index (χ2v) is 7.26. The van der Waals surface area contributed by atoms with Crippen LogP contribution in [-0.2, 0) is 9.47 Å². The van der Waals surface area contributed by atoms with Gasteiger partial charge in [-0.05, 0) is 24.7 Å². The van der Waals surface area contributed by atoms with Crippen LogP contribution < -0.4 is 0 Å². The fourth-order valence-corrected chi connectivity index (χ4v) is 6.29. The van der Waals surface area contributed by atoms with E-state index in [9.17, 15) is 10.2 Å². The molecule has 0 unspecified atom stereocenters. The first kappa shape index (κ1) is 18.1. The third kappa shape index (κ3) is 1.85. The van der Waals surface area contributed by atoms with Crippen molar-refractivity contribution in [2.24, 2.45) is 11.8 Å². The summed E-state index contributed by atoms with van der Waals surface area (Å²) in [6, 6.07) is 0. The third-order valence-electron chi connectivity index (χ3n) is 4.75. The first-order chi connectivity index (χ1) is 9.83. The number of hydrogen-bond donors (Lipinski definition) is 2. The quantitative estimate of drug-likeness (QED) is 0.550.